The van der Waals surface area contributed by atoms with Crippen molar-refractivity contribution in [2.45, 2.75) is 49.7 Å². The van der Waals surface area contributed by atoms with E-state index in [9.17, 15) is 60.3 Å². The molecular weight excluding hydrogens is 728 g/mol. The lowest BCUT2D eigenvalue weighted by molar-refractivity contribution is -0.278. The van der Waals surface area contributed by atoms with E-state index in [0.29, 0.717) is 0 Å². The number of rotatable bonds is 7. The normalized spacial score (nSPS) is 23.5. The summed E-state index contributed by atoms with van der Waals surface area (Å²) >= 11 is 0. The van der Waals surface area contributed by atoms with Crippen LogP contribution in [-0.2, 0) is 14.3 Å². The third-order valence-corrected chi connectivity index (χ3v) is 9.29. The van der Waals surface area contributed by atoms with E-state index in [2.05, 4.69) is 0 Å². The maximum atomic E-state index is 14.8. The molecule has 3 heterocycles. The third-order valence-electron chi connectivity index (χ3n) is 9.29. The number of hydrogen-bond acceptors (Lipinski definition) is 17. The van der Waals surface area contributed by atoms with Crippen molar-refractivity contribution in [2.24, 2.45) is 0 Å². The molecule has 0 saturated carbocycles. The van der Waals surface area contributed by atoms with Crippen LogP contribution in [0.25, 0.3) is 22.3 Å². The predicted molar refractivity (Wildman–Crippen MR) is 185 cm³/mol. The second-order valence-electron chi connectivity index (χ2n) is 12.9. The molecule has 17 nitrogen and oxygen atoms in total. The molecule has 2 aliphatic rings. The van der Waals surface area contributed by atoms with E-state index in [-0.39, 0.29) is 33.9 Å². The summed E-state index contributed by atoms with van der Waals surface area (Å²) < 4.78 is 29.2. The largest absolute Gasteiger partial charge is 0.508 e. The van der Waals surface area contributed by atoms with E-state index in [1.165, 1.54) is 30.3 Å². The average molecular weight is 761 g/mol. The molecule has 7 atom stereocenters. The molecule has 0 bridgehead atoms. The number of Topliss-reactive ketones (excluding diaryl/α,β-unsaturated/α-hetero) is 1. The van der Waals surface area contributed by atoms with E-state index in [1.807, 2.05) is 0 Å². The van der Waals surface area contributed by atoms with Gasteiger partial charge in [0.1, 0.15) is 93.9 Å². The van der Waals surface area contributed by atoms with Crippen LogP contribution in [0.15, 0.2) is 75.9 Å². The molecule has 17 heteroatoms. The standard InChI is InChI=1S/C38H32O17/c1-14(39)51-13-27-32(47)34(49)35(50)38(55-27)54-26-12-23(46)28-22(45)11-24(16-4-7-19(42)20(43)8-16)52-37(28)30(26)31-33(48)29-21(44)9-18(41)10-25(29)53-36(31)15-2-5-17(40)6-3-15/h2-12,27,31-32,34-36,38,40-44,46-47,49-50H,13H2,1H3/t27-,31+,32-,34+,35-,36-,38-/m1/s1. The fraction of sp³-hybridized carbons (Fsp3) is 0.237. The summed E-state index contributed by atoms with van der Waals surface area (Å²) in [6.45, 7) is 0.500. The number of aliphatic hydroxyl groups is 3. The van der Waals surface area contributed by atoms with Gasteiger partial charge in [0, 0.05) is 36.8 Å². The highest BCUT2D eigenvalue weighted by Crippen LogP contribution is 2.52. The van der Waals surface area contributed by atoms with Crippen molar-refractivity contribution in [3.05, 3.63) is 93.6 Å². The van der Waals surface area contributed by atoms with Crippen LogP contribution in [0.1, 0.15) is 40.4 Å². The van der Waals surface area contributed by atoms with Crippen LogP contribution >= 0.6 is 0 Å². The third kappa shape index (κ3) is 6.65. The molecule has 0 aliphatic carbocycles. The number of ketones is 1. The van der Waals surface area contributed by atoms with Crippen LogP contribution in [0, 0.1) is 0 Å². The first-order valence-electron chi connectivity index (χ1n) is 16.5. The number of aliphatic hydroxyl groups excluding tert-OH is 3. The lowest BCUT2D eigenvalue weighted by atomic mass is 9.79. The number of benzene rings is 4. The Hall–Kier alpha value is -6.53. The van der Waals surface area contributed by atoms with Gasteiger partial charge in [-0.25, -0.2) is 0 Å². The van der Waals surface area contributed by atoms with Gasteiger partial charge in [0.15, 0.2) is 22.7 Å². The molecule has 4 aromatic carbocycles. The highest BCUT2D eigenvalue weighted by atomic mass is 16.7. The van der Waals surface area contributed by atoms with Crippen LogP contribution in [0.2, 0.25) is 0 Å². The topological polar surface area (TPSA) is 283 Å². The number of carbonyl (C=O) groups is 2. The first-order valence-corrected chi connectivity index (χ1v) is 16.5. The Morgan fingerprint density at radius 1 is 0.764 bits per heavy atom. The Labute approximate surface area is 308 Å². The van der Waals surface area contributed by atoms with Crippen molar-refractivity contribution < 1.29 is 78.9 Å². The molecule has 1 aromatic heterocycles. The Balaban J connectivity index is 1.50. The number of phenols is 6. The minimum absolute atomic E-state index is 0.0577. The highest BCUT2D eigenvalue weighted by Gasteiger charge is 2.48. The van der Waals surface area contributed by atoms with Crippen LogP contribution < -0.4 is 14.9 Å². The highest BCUT2D eigenvalue weighted by molar-refractivity contribution is 6.09. The number of ether oxygens (including phenoxy) is 4. The Bertz CT molecular complexity index is 2390. The van der Waals surface area contributed by atoms with Crippen molar-refractivity contribution in [1.29, 1.82) is 0 Å². The zero-order chi connectivity index (χ0) is 39.5. The summed E-state index contributed by atoms with van der Waals surface area (Å²) in [7, 11) is 0. The van der Waals surface area contributed by atoms with Gasteiger partial charge in [-0.2, -0.15) is 0 Å². The van der Waals surface area contributed by atoms with E-state index in [4.69, 9.17) is 23.4 Å². The molecule has 0 unspecified atom stereocenters. The summed E-state index contributed by atoms with van der Waals surface area (Å²) in [6, 6.07) is 12.8. The predicted octanol–water partition coefficient (Wildman–Crippen LogP) is 2.54. The van der Waals surface area contributed by atoms with E-state index in [1.54, 1.807) is 0 Å². The Morgan fingerprint density at radius 3 is 2.18 bits per heavy atom. The molecule has 55 heavy (non-hydrogen) atoms. The van der Waals surface area contributed by atoms with Crippen molar-refractivity contribution in [3.8, 4) is 57.3 Å². The zero-order valence-corrected chi connectivity index (χ0v) is 28.4. The van der Waals surface area contributed by atoms with E-state index in [0.717, 1.165) is 43.3 Å². The van der Waals surface area contributed by atoms with Gasteiger partial charge in [-0.3, -0.25) is 14.4 Å². The number of esters is 1. The minimum Gasteiger partial charge on any atom is -0.508 e. The smallest absolute Gasteiger partial charge is 0.302 e. The second kappa shape index (κ2) is 14.0. The summed E-state index contributed by atoms with van der Waals surface area (Å²) in [5.41, 5.74) is -1.83. The molecule has 0 spiro atoms. The van der Waals surface area contributed by atoms with Gasteiger partial charge in [-0.05, 0) is 35.9 Å². The van der Waals surface area contributed by atoms with Crippen LogP contribution in [0.4, 0.5) is 0 Å². The van der Waals surface area contributed by atoms with Gasteiger partial charge in [0.05, 0.1) is 11.5 Å². The number of fused-ring (bicyclic) bond motifs is 2. The van der Waals surface area contributed by atoms with Crippen LogP contribution in [0.3, 0.4) is 0 Å². The van der Waals surface area contributed by atoms with Crippen LogP contribution in [0.5, 0.6) is 46.0 Å². The summed E-state index contributed by atoms with van der Waals surface area (Å²) in [5.74, 6) is -7.46. The molecule has 286 valence electrons. The molecule has 1 fully saturated rings. The molecule has 2 aliphatic heterocycles. The molecule has 1 saturated heterocycles. The van der Waals surface area contributed by atoms with Crippen molar-refractivity contribution >= 4 is 22.7 Å². The maximum Gasteiger partial charge on any atom is 0.302 e. The van der Waals surface area contributed by atoms with Crippen molar-refractivity contribution in [3.63, 3.8) is 0 Å². The van der Waals surface area contributed by atoms with E-state index < -0.39 is 118 Å². The first-order chi connectivity index (χ1) is 26.1. The number of phenolic OH excluding ortho intramolecular Hbond substituents is 6. The van der Waals surface area contributed by atoms with Gasteiger partial charge in [0.25, 0.3) is 0 Å². The van der Waals surface area contributed by atoms with Crippen molar-refractivity contribution in [1.82, 2.24) is 0 Å². The SMILES string of the molecule is CC(=O)OC[C@H]1O[C@@H](Oc2cc(O)c3c(=O)cc(-c4ccc(O)c(O)c4)oc3c2[C@H]2C(=O)c3c(O)cc(O)cc3O[C@@H]2c2ccc(O)cc2)[C@H](O)[C@@H](O)[C@@H]1O. The minimum atomic E-state index is -2.01. The average Bonchev–Trinajstić information content (AvgIpc) is 3.12. The molecule has 9 N–H and O–H groups in total. The molecule has 5 aromatic rings. The van der Waals surface area contributed by atoms with Gasteiger partial charge in [-0.1, -0.05) is 12.1 Å². The van der Waals surface area contributed by atoms with Gasteiger partial charge < -0.3 is 69.3 Å². The molecule has 0 amide bonds. The summed E-state index contributed by atoms with van der Waals surface area (Å²) in [4.78, 5) is 40.1. The lowest BCUT2D eigenvalue weighted by Crippen LogP contribution is -2.60. The number of hydrogen-bond donors (Lipinski definition) is 9. The number of carbonyl (C=O) groups excluding carboxylic acids is 2. The monoisotopic (exact) mass is 760 g/mol. The lowest BCUT2D eigenvalue weighted by Gasteiger charge is -2.40. The fourth-order valence-corrected chi connectivity index (χ4v) is 6.63. The van der Waals surface area contributed by atoms with Gasteiger partial charge in [0.2, 0.25) is 6.29 Å². The van der Waals surface area contributed by atoms with Gasteiger partial charge >= 0.3 is 5.97 Å². The number of aromatic hydroxyl groups is 6. The molecular formula is C38H32O17. The maximum absolute atomic E-state index is 14.8. The van der Waals surface area contributed by atoms with Crippen molar-refractivity contribution in [2.75, 3.05) is 6.61 Å². The van der Waals surface area contributed by atoms with Crippen LogP contribution in [-0.4, -0.2) is 95.0 Å². The summed E-state index contributed by atoms with van der Waals surface area (Å²) in [6.07, 6.45) is -10.5. The first kappa shape index (κ1) is 36.8. The fourth-order valence-electron chi connectivity index (χ4n) is 6.63. The summed E-state index contributed by atoms with van der Waals surface area (Å²) in [5, 5.41) is 94.6. The molecule has 0 radical (unpaired) electrons. The quantitative estimate of drug-likeness (QED) is 0.0851. The Morgan fingerprint density at radius 2 is 1.49 bits per heavy atom. The Kier molecular flexibility index (Phi) is 9.39. The molecule has 7 rings (SSSR count). The van der Waals surface area contributed by atoms with Gasteiger partial charge in [-0.15, -0.1) is 0 Å². The second-order valence-corrected chi connectivity index (χ2v) is 12.9. The van der Waals surface area contributed by atoms with E-state index >= 15 is 0 Å². The zero-order valence-electron chi connectivity index (χ0n) is 28.4.